The minimum Gasteiger partial charge on any atom is -0.369 e. The Morgan fingerprint density at radius 1 is 0.561 bits per heavy atom. The highest BCUT2D eigenvalue weighted by molar-refractivity contribution is 7.16. The topological polar surface area (TPSA) is 30.5 Å². The molecule has 4 nitrogen and oxygen atoms in total. The second-order valence-electron chi connectivity index (χ2n) is 11.5. The highest BCUT2D eigenvalue weighted by atomic mass is 32.1. The summed E-state index contributed by atoms with van der Waals surface area (Å²) in [6.07, 6.45) is 3.61. The van der Waals surface area contributed by atoms with Crippen molar-refractivity contribution in [1.29, 1.82) is 0 Å². The second kappa shape index (κ2) is 11.8. The molecule has 7 rings (SSSR count). The number of hydrogen-bond donors (Lipinski definition) is 2. The minimum atomic E-state index is 1.07. The van der Waals surface area contributed by atoms with E-state index in [1.165, 1.54) is 72.4 Å². The van der Waals surface area contributed by atoms with E-state index in [0.29, 0.717) is 0 Å². The van der Waals surface area contributed by atoms with Crippen molar-refractivity contribution in [2.45, 2.75) is 33.1 Å². The van der Waals surface area contributed by atoms with Gasteiger partial charge in [-0.25, -0.2) is 0 Å². The monoisotopic (exact) mass is 580 g/mol. The standard InChI is InChI=1S/C35H40N4S2/c1-24-32(22-34(40-24)26-6-10-28(11-7-26)38-18-14-36-15-19-38)30-4-3-5-31(30)33-23-35(41-25(33)2)27-8-12-29(13-9-27)39-20-16-37-17-21-39/h6-13,22-23,36-37H,3-5,14-21H2,1-2H3. The molecule has 2 aromatic heterocycles. The molecule has 4 aromatic rings. The average Bonchev–Trinajstić information content (AvgIpc) is 3.76. The molecule has 0 atom stereocenters. The number of rotatable bonds is 6. The summed E-state index contributed by atoms with van der Waals surface area (Å²) >= 11 is 3.90. The molecule has 0 unspecified atom stereocenters. The van der Waals surface area contributed by atoms with Crippen LogP contribution in [0.2, 0.25) is 0 Å². The molecule has 0 spiro atoms. The molecular formula is C35H40N4S2. The van der Waals surface area contributed by atoms with E-state index in [2.05, 4.69) is 94.9 Å². The Morgan fingerprint density at radius 3 is 1.34 bits per heavy atom. The van der Waals surface area contributed by atoms with Gasteiger partial charge in [0.15, 0.2) is 0 Å². The van der Waals surface area contributed by atoms with E-state index in [0.717, 1.165) is 52.4 Å². The van der Waals surface area contributed by atoms with Gasteiger partial charge >= 0.3 is 0 Å². The van der Waals surface area contributed by atoms with Crippen LogP contribution in [0.5, 0.6) is 0 Å². The molecule has 2 fully saturated rings. The first-order chi connectivity index (χ1) is 20.1. The van der Waals surface area contributed by atoms with Crippen LogP contribution in [-0.2, 0) is 0 Å². The van der Waals surface area contributed by atoms with Crippen LogP contribution in [0.1, 0.15) is 40.1 Å². The van der Waals surface area contributed by atoms with Gasteiger partial charge in [-0.05, 0) is 103 Å². The zero-order chi connectivity index (χ0) is 27.8. The van der Waals surface area contributed by atoms with Crippen LogP contribution in [0.15, 0.2) is 60.7 Å². The van der Waals surface area contributed by atoms with E-state index in [-0.39, 0.29) is 0 Å². The first kappa shape index (κ1) is 27.0. The van der Waals surface area contributed by atoms with Crippen LogP contribution < -0.4 is 20.4 Å². The Labute approximate surface area is 252 Å². The Morgan fingerprint density at radius 2 is 0.951 bits per heavy atom. The van der Waals surface area contributed by atoms with Crippen molar-refractivity contribution < 1.29 is 0 Å². The number of thiophene rings is 2. The summed E-state index contributed by atoms with van der Waals surface area (Å²) in [5, 5.41) is 6.90. The van der Waals surface area contributed by atoms with Crippen molar-refractivity contribution in [2.75, 3.05) is 62.2 Å². The van der Waals surface area contributed by atoms with E-state index in [1.807, 2.05) is 22.7 Å². The molecule has 2 N–H and O–H groups in total. The van der Waals surface area contributed by atoms with Crippen molar-refractivity contribution in [2.24, 2.45) is 0 Å². The molecule has 6 heteroatoms. The van der Waals surface area contributed by atoms with Gasteiger partial charge in [0.05, 0.1) is 0 Å². The lowest BCUT2D eigenvalue weighted by atomic mass is 9.96. The predicted octanol–water partition coefficient (Wildman–Crippen LogP) is 7.67. The SMILES string of the molecule is Cc1sc(-c2ccc(N3CCNCC3)cc2)cc1C1=C(c2cc(-c3ccc(N4CCNCC4)cc3)sc2C)CCC1. The molecule has 2 aromatic carbocycles. The smallest absolute Gasteiger partial charge is 0.0367 e. The number of anilines is 2. The van der Waals surface area contributed by atoms with Gasteiger partial charge < -0.3 is 20.4 Å². The van der Waals surface area contributed by atoms with Crippen LogP contribution in [0.25, 0.3) is 32.0 Å². The van der Waals surface area contributed by atoms with Crippen LogP contribution >= 0.6 is 22.7 Å². The number of hydrogen-bond acceptors (Lipinski definition) is 6. The molecule has 2 saturated heterocycles. The molecule has 0 bridgehead atoms. The first-order valence-electron chi connectivity index (χ1n) is 15.2. The first-order valence-corrected chi connectivity index (χ1v) is 16.8. The number of allylic oxidation sites excluding steroid dienone is 2. The summed E-state index contributed by atoms with van der Waals surface area (Å²) in [6.45, 7) is 13.3. The maximum atomic E-state index is 3.45. The van der Waals surface area contributed by atoms with Crippen LogP contribution in [0.4, 0.5) is 11.4 Å². The number of piperazine rings is 2. The lowest BCUT2D eigenvalue weighted by Crippen LogP contribution is -2.43. The van der Waals surface area contributed by atoms with Crippen molar-refractivity contribution in [3.63, 3.8) is 0 Å². The number of aryl methyl sites for hydroxylation is 2. The largest absolute Gasteiger partial charge is 0.369 e. The van der Waals surface area contributed by atoms with Crippen molar-refractivity contribution in [1.82, 2.24) is 10.6 Å². The third-order valence-corrected chi connectivity index (χ3v) is 11.2. The number of nitrogens with zero attached hydrogens (tertiary/aromatic N) is 2. The fourth-order valence-corrected chi connectivity index (χ4v) is 8.81. The molecule has 1 aliphatic carbocycles. The molecule has 41 heavy (non-hydrogen) atoms. The molecule has 0 radical (unpaired) electrons. The quantitative estimate of drug-likeness (QED) is 0.245. The molecule has 2 aliphatic heterocycles. The Balaban J connectivity index is 1.14. The van der Waals surface area contributed by atoms with E-state index in [1.54, 1.807) is 11.1 Å². The Kier molecular flexibility index (Phi) is 7.74. The average molecular weight is 581 g/mol. The molecule has 3 aliphatic rings. The molecular weight excluding hydrogens is 541 g/mol. The van der Waals surface area contributed by atoms with Crippen LogP contribution in [0.3, 0.4) is 0 Å². The van der Waals surface area contributed by atoms with Gasteiger partial charge in [0, 0.05) is 83.2 Å². The van der Waals surface area contributed by atoms with Gasteiger partial charge in [0.2, 0.25) is 0 Å². The summed E-state index contributed by atoms with van der Waals surface area (Å²) in [5.74, 6) is 0. The van der Waals surface area contributed by atoms with Crippen molar-refractivity contribution in [3.05, 3.63) is 81.5 Å². The molecule has 0 saturated carbocycles. The van der Waals surface area contributed by atoms with E-state index in [4.69, 9.17) is 0 Å². The third kappa shape index (κ3) is 5.51. The molecule has 0 amide bonds. The lowest BCUT2D eigenvalue weighted by molar-refractivity contribution is 0.589. The number of benzene rings is 2. The van der Waals surface area contributed by atoms with Gasteiger partial charge in [-0.3, -0.25) is 0 Å². The second-order valence-corrected chi connectivity index (χ2v) is 14.1. The summed E-state index contributed by atoms with van der Waals surface area (Å²) in [6, 6.07) is 23.4. The number of nitrogens with one attached hydrogen (secondary N) is 2. The predicted molar refractivity (Wildman–Crippen MR) is 180 cm³/mol. The van der Waals surface area contributed by atoms with Gasteiger partial charge in [0.1, 0.15) is 0 Å². The zero-order valence-electron chi connectivity index (χ0n) is 24.3. The molecule has 4 heterocycles. The highest BCUT2D eigenvalue weighted by Gasteiger charge is 2.24. The van der Waals surface area contributed by atoms with Gasteiger partial charge in [-0.2, -0.15) is 0 Å². The van der Waals surface area contributed by atoms with Crippen molar-refractivity contribution in [3.8, 4) is 20.9 Å². The van der Waals surface area contributed by atoms with Crippen LogP contribution in [-0.4, -0.2) is 52.4 Å². The summed E-state index contributed by atoms with van der Waals surface area (Å²) in [7, 11) is 0. The Hall–Kier alpha value is -2.90. The third-order valence-electron chi connectivity index (χ3n) is 8.97. The van der Waals surface area contributed by atoms with Gasteiger partial charge in [-0.15, -0.1) is 22.7 Å². The summed E-state index contributed by atoms with van der Waals surface area (Å²) in [5.41, 5.74) is 11.4. The highest BCUT2D eigenvalue weighted by Crippen LogP contribution is 2.47. The molecule has 212 valence electrons. The minimum absolute atomic E-state index is 1.07. The van der Waals surface area contributed by atoms with E-state index in [9.17, 15) is 0 Å². The fourth-order valence-electron chi connectivity index (χ4n) is 6.71. The normalized spacial score (nSPS) is 18.0. The lowest BCUT2D eigenvalue weighted by Gasteiger charge is -2.29. The Bertz CT molecular complexity index is 1420. The maximum Gasteiger partial charge on any atom is 0.0367 e. The van der Waals surface area contributed by atoms with E-state index < -0.39 is 0 Å². The van der Waals surface area contributed by atoms with Gasteiger partial charge in [0.25, 0.3) is 0 Å². The van der Waals surface area contributed by atoms with E-state index >= 15 is 0 Å². The summed E-state index contributed by atoms with van der Waals surface area (Å²) < 4.78 is 0. The van der Waals surface area contributed by atoms with Gasteiger partial charge in [-0.1, -0.05) is 24.3 Å². The van der Waals surface area contributed by atoms with Crippen molar-refractivity contribution >= 4 is 45.2 Å². The zero-order valence-corrected chi connectivity index (χ0v) is 25.9. The maximum absolute atomic E-state index is 3.45. The summed E-state index contributed by atoms with van der Waals surface area (Å²) in [4.78, 5) is 10.6. The van der Waals surface area contributed by atoms with Crippen LogP contribution in [0, 0.1) is 13.8 Å². The fraction of sp³-hybridized carbons (Fsp3) is 0.371.